The minimum atomic E-state index is -1.65. The van der Waals surface area contributed by atoms with Crippen molar-refractivity contribution in [2.45, 2.75) is 103 Å². The molecule has 1 saturated heterocycles. The molecule has 512 valence electrons. The lowest BCUT2D eigenvalue weighted by atomic mass is 10.1. The van der Waals surface area contributed by atoms with E-state index in [9.17, 15) is 108 Å². The predicted octanol–water partition coefficient (Wildman–Crippen LogP) is -4.50. The summed E-state index contributed by atoms with van der Waals surface area (Å²) in [6.45, 7) is -2.45. The number of imidazole rings is 2. The van der Waals surface area contributed by atoms with Crippen LogP contribution in [0.2, 0.25) is 0 Å². The highest BCUT2D eigenvalue weighted by Crippen LogP contribution is 2.14. The number of nitrogens with zero attached hydrogens (tertiary/aromatic N) is 11. The third kappa shape index (κ3) is 30.9. The van der Waals surface area contributed by atoms with E-state index < -0.39 is 154 Å². The number of hydrogen-bond donors (Lipinski definition) is 13. The van der Waals surface area contributed by atoms with Gasteiger partial charge in [-0.25, -0.2) is 24.4 Å². The number of likely N-dealkylation sites (N-methyl/N-ethyl adjacent to an activating group) is 1. The van der Waals surface area contributed by atoms with Gasteiger partial charge < -0.3 is 86.2 Å². The molecule has 0 aromatic carbocycles. The summed E-state index contributed by atoms with van der Waals surface area (Å²) in [6.07, 6.45) is 4.98. The first-order valence-corrected chi connectivity index (χ1v) is 29.3. The Morgan fingerprint density at radius 3 is 1.28 bits per heavy atom. The second kappa shape index (κ2) is 40.4. The topological polar surface area (TPSA) is 527 Å². The van der Waals surface area contributed by atoms with Crippen LogP contribution in [-0.4, -0.2) is 319 Å². The summed E-state index contributed by atoms with van der Waals surface area (Å²) in [5.74, 6) is -14.2. The summed E-state index contributed by atoms with van der Waals surface area (Å²) in [5.41, 5.74) is 0. The van der Waals surface area contributed by atoms with Crippen LogP contribution in [0.15, 0.2) is 24.8 Å². The molecule has 2 aromatic heterocycles. The molecule has 3 rings (SSSR count). The van der Waals surface area contributed by atoms with Crippen LogP contribution in [0.25, 0.3) is 0 Å². The van der Waals surface area contributed by atoms with Crippen LogP contribution in [0.4, 0.5) is 4.79 Å². The van der Waals surface area contributed by atoms with Crippen molar-refractivity contribution in [1.29, 1.82) is 0 Å². The Hall–Kier alpha value is -9.40. The van der Waals surface area contributed by atoms with Crippen LogP contribution in [-0.2, 0) is 88.5 Å². The molecule has 3 heterocycles. The third-order valence-corrected chi connectivity index (χ3v) is 14.3. The zero-order chi connectivity index (χ0) is 68.5. The Balaban J connectivity index is 1.94. The van der Waals surface area contributed by atoms with E-state index in [4.69, 9.17) is 5.11 Å². The van der Waals surface area contributed by atoms with Gasteiger partial charge in [0.25, 0.3) is 0 Å². The first-order chi connectivity index (χ1) is 43.5. The van der Waals surface area contributed by atoms with Crippen LogP contribution < -0.4 is 21.3 Å². The number of carboxylic acids is 9. The lowest BCUT2D eigenvalue weighted by Gasteiger charge is -2.33. The molecule has 0 radical (unpaired) electrons. The highest BCUT2D eigenvalue weighted by molar-refractivity contribution is 5.89. The molecule has 0 aliphatic carbocycles. The van der Waals surface area contributed by atoms with Crippen molar-refractivity contribution < 1.29 is 113 Å². The molecule has 6 amide bonds. The molecule has 92 heavy (non-hydrogen) atoms. The van der Waals surface area contributed by atoms with Crippen molar-refractivity contribution in [3.05, 3.63) is 36.4 Å². The number of carbonyl (C=O) groups excluding carboxylic acids is 5. The van der Waals surface area contributed by atoms with Crippen molar-refractivity contribution in [3.63, 3.8) is 0 Å². The first-order valence-electron chi connectivity index (χ1n) is 29.3. The summed E-state index contributed by atoms with van der Waals surface area (Å²) in [5, 5.41) is 95.0. The van der Waals surface area contributed by atoms with Crippen LogP contribution in [0.5, 0.6) is 0 Å². The molecular weight excluding hydrogens is 1230 g/mol. The number of carbonyl (C=O) groups is 14. The lowest BCUT2D eigenvalue weighted by Crippen LogP contribution is -2.52. The Kier molecular flexibility index (Phi) is 33.7. The molecule has 3 atom stereocenters. The third-order valence-electron chi connectivity index (χ3n) is 14.3. The van der Waals surface area contributed by atoms with Crippen LogP contribution in [0, 0.1) is 0 Å². The molecular formula is C54H83N15O23. The quantitative estimate of drug-likeness (QED) is 0.0279. The molecule has 1 aliphatic rings. The maximum Gasteiger partial charge on any atom is 0.326 e. The van der Waals surface area contributed by atoms with Gasteiger partial charge in [-0.15, -0.1) is 0 Å². The van der Waals surface area contributed by atoms with Gasteiger partial charge in [0.1, 0.15) is 62.5 Å². The first kappa shape index (κ1) is 76.8. The molecule has 0 bridgehead atoms. The maximum atomic E-state index is 14.2. The normalized spacial score (nSPS) is 14.7. The molecule has 0 saturated carbocycles. The number of urea groups is 1. The molecule has 1 aliphatic heterocycles. The number of rotatable bonds is 42. The van der Waals surface area contributed by atoms with Gasteiger partial charge in [0.15, 0.2) is 0 Å². The monoisotopic (exact) mass is 1310 g/mol. The summed E-state index contributed by atoms with van der Waals surface area (Å²) >= 11 is 0. The van der Waals surface area contributed by atoms with Gasteiger partial charge in [-0.1, -0.05) is 0 Å². The van der Waals surface area contributed by atoms with Crippen molar-refractivity contribution in [3.8, 4) is 0 Å². The molecule has 0 unspecified atom stereocenters. The Morgan fingerprint density at radius 1 is 0.467 bits per heavy atom. The summed E-state index contributed by atoms with van der Waals surface area (Å²) < 4.78 is 2.88. The van der Waals surface area contributed by atoms with Gasteiger partial charge >= 0.3 is 59.8 Å². The van der Waals surface area contributed by atoms with E-state index in [0.717, 1.165) is 4.90 Å². The van der Waals surface area contributed by atoms with Crippen molar-refractivity contribution in [2.75, 3.05) is 118 Å². The number of nitrogens with one attached hydrogen (secondary N) is 4. The summed E-state index contributed by atoms with van der Waals surface area (Å²) in [7, 11) is 0. The minimum absolute atomic E-state index is 0.0142. The van der Waals surface area contributed by atoms with Crippen LogP contribution >= 0.6 is 0 Å². The van der Waals surface area contributed by atoms with E-state index in [1.807, 2.05) is 5.32 Å². The molecule has 13 N–H and O–H groups in total. The van der Waals surface area contributed by atoms with Gasteiger partial charge in [-0.3, -0.25) is 77.2 Å². The summed E-state index contributed by atoms with van der Waals surface area (Å²) in [4.78, 5) is 191. The fraction of sp³-hybridized carbons (Fsp3) is 0.630. The second-order valence-corrected chi connectivity index (χ2v) is 21.5. The maximum absolute atomic E-state index is 14.2. The number of hydrogen-bond acceptors (Lipinski definition) is 21. The van der Waals surface area contributed by atoms with E-state index in [1.165, 1.54) is 33.9 Å². The number of aliphatic carboxylic acids is 9. The lowest BCUT2D eigenvalue weighted by molar-refractivity contribution is -0.149. The number of amides is 6. The van der Waals surface area contributed by atoms with Crippen molar-refractivity contribution in [1.82, 2.24) is 74.7 Å². The SMILES string of the molecule is CCN(CC(=O)O)C(=O)Cn1ccnc1CN(CCCC[C@@H](NC(=O)CN1CCN(CC(=O)O)CCN(CC(=O)O)CCN(CC(=O)O)CC1)C(=O)NCCCC[C@H](NC(=O)N[C@@H](CCC(=O)O)C(=O)O)C(=O)O)Cc1nccn1CC(=O)N(CC(=O)O)CC(=O)O. The minimum Gasteiger partial charge on any atom is -0.481 e. The Bertz CT molecular complexity index is 2800. The van der Waals surface area contributed by atoms with Crippen LogP contribution in [0.1, 0.15) is 69.9 Å². The van der Waals surface area contributed by atoms with E-state index in [1.54, 1.807) is 31.4 Å². The van der Waals surface area contributed by atoms with Crippen molar-refractivity contribution >= 4 is 83.4 Å². The van der Waals surface area contributed by atoms with Gasteiger partial charge in [0.2, 0.25) is 23.6 Å². The van der Waals surface area contributed by atoms with Crippen molar-refractivity contribution in [2.24, 2.45) is 0 Å². The summed E-state index contributed by atoms with van der Waals surface area (Å²) in [6, 6.07) is -5.65. The Labute approximate surface area is 526 Å². The predicted molar refractivity (Wildman–Crippen MR) is 313 cm³/mol. The van der Waals surface area contributed by atoms with Gasteiger partial charge in [0, 0.05) is 96.7 Å². The largest absolute Gasteiger partial charge is 0.481 e. The highest BCUT2D eigenvalue weighted by atomic mass is 16.4. The van der Waals surface area contributed by atoms with E-state index in [-0.39, 0.29) is 149 Å². The van der Waals surface area contributed by atoms with Gasteiger partial charge in [-0.2, -0.15) is 0 Å². The zero-order valence-electron chi connectivity index (χ0n) is 50.9. The molecule has 1 fully saturated rings. The molecule has 38 nitrogen and oxygen atoms in total. The average molecular weight is 1310 g/mol. The van der Waals surface area contributed by atoms with Gasteiger partial charge in [-0.05, 0) is 58.4 Å². The second-order valence-electron chi connectivity index (χ2n) is 21.5. The van der Waals surface area contributed by atoms with E-state index >= 15 is 0 Å². The average Bonchev–Trinajstić information content (AvgIpc) is 1.86. The fourth-order valence-electron chi connectivity index (χ4n) is 9.60. The number of carboxylic acid groups (broad SMARTS) is 9. The van der Waals surface area contributed by atoms with E-state index in [0.29, 0.717) is 10.7 Å². The molecule has 0 spiro atoms. The Morgan fingerprint density at radius 2 is 0.870 bits per heavy atom. The standard InChI is InChI=1S/C54H83N15O23/c1-2-66(33-48(81)82)42(71)28-67-15-12-55-39(67)25-65(26-40-56-13-16-68(40)29-43(72)69(34-49(83)84)35-50(85)86)14-6-4-7-36(51(87)57-11-5-3-8-37(52(88)89)59-54(92)60-38(53(90)91)9-10-44(73)74)58-41(70)27-61-17-19-62(30-45(75)76)21-23-64(32-47(79)80)24-22-63(20-18-61)31-46(77)78/h12-13,15-16,36-38H,2-11,14,17-35H2,1H3,(H,57,87)(H,58,70)(H,73,74)(H,75,76)(H,77,78)(H,79,80)(H,81,82)(H,83,84)(H,85,86)(H,88,89)(H,90,91)(H2,59,60,92)/t36-,37+,38+/m1/s1. The zero-order valence-corrected chi connectivity index (χ0v) is 50.9. The fourth-order valence-corrected chi connectivity index (χ4v) is 9.60. The highest BCUT2D eigenvalue weighted by Gasteiger charge is 2.29. The molecule has 38 heteroatoms. The van der Waals surface area contributed by atoms with E-state index in [2.05, 4.69) is 25.9 Å². The number of aromatic nitrogens is 4. The smallest absolute Gasteiger partial charge is 0.326 e. The number of unbranched alkanes of at least 4 members (excludes halogenated alkanes) is 2. The van der Waals surface area contributed by atoms with Gasteiger partial charge in [0.05, 0.1) is 39.3 Å². The van der Waals surface area contributed by atoms with Crippen LogP contribution in [0.3, 0.4) is 0 Å². The molecule has 2 aromatic rings.